The zero-order valence-corrected chi connectivity index (χ0v) is 21.7. The molecule has 1 aliphatic heterocycles. The molecule has 0 bridgehead atoms. The highest BCUT2D eigenvalue weighted by atomic mass is 31.2. The lowest BCUT2D eigenvalue weighted by Gasteiger charge is -2.46. The SMILES string of the molecule is CC(C)(C)c1cc(N2C=CN(P(=O)(C(C)(C)C)C(C)(C)C)C2)cc(C(C)(C)C)c1. The molecule has 1 aromatic carbocycles. The molecule has 0 aromatic heterocycles. The Balaban J connectivity index is 2.50. The molecule has 0 unspecified atom stereocenters. The van der Waals surface area contributed by atoms with E-state index in [1.807, 2.05) is 6.20 Å². The maximum Gasteiger partial charge on any atom is 0.183 e. The zero-order chi connectivity index (χ0) is 22.6. The van der Waals surface area contributed by atoms with E-state index in [4.69, 9.17) is 0 Å². The molecule has 0 saturated heterocycles. The van der Waals surface area contributed by atoms with Crippen LogP contribution in [0.1, 0.15) is 94.2 Å². The van der Waals surface area contributed by atoms with Gasteiger partial charge in [-0.05, 0) is 34.1 Å². The van der Waals surface area contributed by atoms with Gasteiger partial charge in [-0.25, -0.2) is 0 Å². The van der Waals surface area contributed by atoms with Gasteiger partial charge in [0.1, 0.15) is 6.67 Å². The van der Waals surface area contributed by atoms with E-state index in [-0.39, 0.29) is 21.1 Å². The summed E-state index contributed by atoms with van der Waals surface area (Å²) in [4.78, 5) is 2.24. The molecule has 4 heteroatoms. The fourth-order valence-corrected chi connectivity index (χ4v) is 8.29. The molecule has 1 aliphatic rings. The van der Waals surface area contributed by atoms with Crippen molar-refractivity contribution in [3.05, 3.63) is 41.7 Å². The Morgan fingerprint density at radius 2 is 1.10 bits per heavy atom. The molecule has 0 saturated carbocycles. The van der Waals surface area contributed by atoms with Crippen LogP contribution in [-0.2, 0) is 15.4 Å². The first-order chi connectivity index (χ1) is 12.8. The van der Waals surface area contributed by atoms with E-state index < -0.39 is 7.29 Å². The van der Waals surface area contributed by atoms with Gasteiger partial charge in [-0.15, -0.1) is 0 Å². The second kappa shape index (κ2) is 7.19. The van der Waals surface area contributed by atoms with E-state index in [1.54, 1.807) is 0 Å². The third kappa shape index (κ3) is 4.61. The van der Waals surface area contributed by atoms with Gasteiger partial charge in [-0.3, -0.25) is 4.57 Å². The first-order valence-electron chi connectivity index (χ1n) is 10.8. The predicted molar refractivity (Wildman–Crippen MR) is 129 cm³/mol. The molecular formula is C25H43N2OP. The molecule has 0 radical (unpaired) electrons. The highest BCUT2D eigenvalue weighted by molar-refractivity contribution is 7.64. The molecule has 164 valence electrons. The van der Waals surface area contributed by atoms with Gasteiger partial charge in [-0.1, -0.05) is 89.2 Å². The number of nitrogens with zero attached hydrogens (tertiary/aromatic N) is 2. The summed E-state index contributed by atoms with van der Waals surface area (Å²) in [6.45, 7) is 26.8. The first kappa shape index (κ1) is 24.1. The molecule has 0 fully saturated rings. The van der Waals surface area contributed by atoms with Crippen molar-refractivity contribution in [2.75, 3.05) is 11.6 Å². The second-order valence-electron chi connectivity index (χ2n) is 12.5. The largest absolute Gasteiger partial charge is 0.328 e. The van der Waals surface area contributed by atoms with Gasteiger partial charge in [0.25, 0.3) is 0 Å². The van der Waals surface area contributed by atoms with Gasteiger partial charge in [0, 0.05) is 28.4 Å². The monoisotopic (exact) mass is 418 g/mol. The van der Waals surface area contributed by atoms with E-state index in [9.17, 15) is 4.57 Å². The Bertz CT molecular complexity index is 776. The van der Waals surface area contributed by atoms with Crippen LogP contribution >= 0.6 is 7.29 Å². The van der Waals surface area contributed by atoms with E-state index in [0.717, 1.165) is 0 Å². The summed E-state index contributed by atoms with van der Waals surface area (Å²) in [5, 5.41) is -0.592. The van der Waals surface area contributed by atoms with Crippen LogP contribution in [0.25, 0.3) is 0 Å². The van der Waals surface area contributed by atoms with Gasteiger partial charge < -0.3 is 9.57 Å². The lowest BCUT2D eigenvalue weighted by atomic mass is 9.80. The Morgan fingerprint density at radius 3 is 1.45 bits per heavy atom. The standard InChI is InChI=1S/C25H43N2OP/c1-22(2,3)19-15-20(23(4,5)6)17-21(16-19)26-13-14-27(18-26)29(28,24(7,8)9)25(10,11)12/h13-17H,18H2,1-12H3. The molecule has 0 aliphatic carbocycles. The van der Waals surface area contributed by atoms with Gasteiger partial charge in [0.15, 0.2) is 7.29 Å². The van der Waals surface area contributed by atoms with Crippen molar-refractivity contribution in [2.24, 2.45) is 0 Å². The fraction of sp³-hybridized carbons (Fsp3) is 0.680. The third-order valence-electron chi connectivity index (χ3n) is 5.88. The number of anilines is 1. The molecule has 1 aromatic rings. The van der Waals surface area contributed by atoms with Crippen LogP contribution in [0, 0.1) is 0 Å². The molecule has 0 N–H and O–H groups in total. The Morgan fingerprint density at radius 1 is 0.690 bits per heavy atom. The second-order valence-corrected chi connectivity index (χ2v) is 16.9. The van der Waals surface area contributed by atoms with Crippen molar-refractivity contribution in [3.8, 4) is 0 Å². The summed E-state index contributed by atoms with van der Waals surface area (Å²) in [6.07, 6.45) is 4.14. The summed E-state index contributed by atoms with van der Waals surface area (Å²) in [5.74, 6) is 0. The summed E-state index contributed by atoms with van der Waals surface area (Å²) in [7, 11) is -2.68. The molecule has 3 nitrogen and oxygen atoms in total. The van der Waals surface area contributed by atoms with E-state index >= 15 is 0 Å². The van der Waals surface area contributed by atoms with Crippen LogP contribution in [0.15, 0.2) is 30.6 Å². The minimum Gasteiger partial charge on any atom is -0.328 e. The molecular weight excluding hydrogens is 375 g/mol. The van der Waals surface area contributed by atoms with Gasteiger partial charge in [-0.2, -0.15) is 0 Å². The highest BCUT2D eigenvalue weighted by Crippen LogP contribution is 2.69. The van der Waals surface area contributed by atoms with Gasteiger partial charge >= 0.3 is 0 Å². The van der Waals surface area contributed by atoms with Crippen LogP contribution in [0.2, 0.25) is 0 Å². The van der Waals surface area contributed by atoms with Crippen LogP contribution < -0.4 is 4.90 Å². The van der Waals surface area contributed by atoms with Crippen molar-refractivity contribution in [1.82, 2.24) is 4.67 Å². The fourth-order valence-electron chi connectivity index (χ4n) is 4.18. The minimum atomic E-state index is -2.68. The summed E-state index contributed by atoms with van der Waals surface area (Å²) in [5.41, 5.74) is 4.00. The summed E-state index contributed by atoms with van der Waals surface area (Å²) >= 11 is 0. The van der Waals surface area contributed by atoms with Crippen molar-refractivity contribution < 1.29 is 4.57 Å². The van der Waals surface area contributed by atoms with E-state index in [0.29, 0.717) is 6.67 Å². The van der Waals surface area contributed by atoms with Crippen molar-refractivity contribution in [3.63, 3.8) is 0 Å². The Labute approximate surface area is 180 Å². The van der Waals surface area contributed by atoms with Crippen LogP contribution in [0.3, 0.4) is 0 Å². The van der Waals surface area contributed by atoms with Crippen molar-refractivity contribution in [1.29, 1.82) is 0 Å². The van der Waals surface area contributed by atoms with Crippen molar-refractivity contribution >= 4 is 13.0 Å². The number of benzene rings is 1. The summed E-state index contributed by atoms with van der Waals surface area (Å²) < 4.78 is 16.4. The number of hydrogen-bond donors (Lipinski definition) is 0. The lowest BCUT2D eigenvalue weighted by Crippen LogP contribution is -2.38. The lowest BCUT2D eigenvalue weighted by molar-refractivity contribution is 0.448. The maximum absolute atomic E-state index is 14.3. The molecule has 0 amide bonds. The van der Waals surface area contributed by atoms with Crippen molar-refractivity contribution in [2.45, 2.75) is 104 Å². The van der Waals surface area contributed by atoms with E-state index in [1.165, 1.54) is 16.8 Å². The summed E-state index contributed by atoms with van der Waals surface area (Å²) in [6, 6.07) is 6.93. The number of rotatable bonds is 2. The third-order valence-corrected chi connectivity index (χ3v) is 10.5. The molecule has 0 atom stereocenters. The molecule has 2 rings (SSSR count). The average molecular weight is 419 g/mol. The van der Waals surface area contributed by atoms with Crippen LogP contribution in [-0.4, -0.2) is 21.7 Å². The zero-order valence-electron chi connectivity index (χ0n) is 20.8. The number of hydrogen-bond acceptors (Lipinski definition) is 2. The molecule has 1 heterocycles. The minimum absolute atomic E-state index is 0.0747. The van der Waals surface area contributed by atoms with Crippen LogP contribution in [0.4, 0.5) is 5.69 Å². The average Bonchev–Trinajstić information content (AvgIpc) is 2.99. The Hall–Kier alpha value is -1.21. The first-order valence-corrected chi connectivity index (χ1v) is 12.4. The topological polar surface area (TPSA) is 23.6 Å². The van der Waals surface area contributed by atoms with E-state index in [2.05, 4.69) is 117 Å². The van der Waals surface area contributed by atoms with Crippen LogP contribution in [0.5, 0.6) is 0 Å². The Kier molecular flexibility index (Phi) is 5.96. The molecule has 0 spiro atoms. The maximum atomic E-state index is 14.3. The normalized spacial score (nSPS) is 16.7. The quantitative estimate of drug-likeness (QED) is 0.460. The highest BCUT2D eigenvalue weighted by Gasteiger charge is 2.51. The molecule has 29 heavy (non-hydrogen) atoms. The van der Waals surface area contributed by atoms with Gasteiger partial charge in [0.05, 0.1) is 0 Å². The van der Waals surface area contributed by atoms with Gasteiger partial charge in [0.2, 0.25) is 0 Å². The predicted octanol–water partition coefficient (Wildman–Crippen LogP) is 7.71. The smallest absolute Gasteiger partial charge is 0.183 e.